The monoisotopic (exact) mass is 409 g/mol. The van der Waals surface area contributed by atoms with Crippen LogP contribution in [0.15, 0.2) is 60.7 Å². The fourth-order valence-electron chi connectivity index (χ4n) is 4.83. The molecule has 162 valence electrons. The molecular formula is C25H35N3O2. The molecule has 1 unspecified atom stereocenters. The highest BCUT2D eigenvalue weighted by Crippen LogP contribution is 2.39. The van der Waals surface area contributed by atoms with E-state index < -0.39 is 11.5 Å². The Morgan fingerprint density at radius 1 is 1.13 bits per heavy atom. The van der Waals surface area contributed by atoms with Gasteiger partial charge in [0.15, 0.2) is 0 Å². The van der Waals surface area contributed by atoms with Gasteiger partial charge in [0.1, 0.15) is 5.41 Å². The minimum Gasteiger partial charge on any atom is -0.390 e. The van der Waals surface area contributed by atoms with Gasteiger partial charge >= 0.3 is 0 Å². The number of rotatable bonds is 7. The van der Waals surface area contributed by atoms with E-state index in [0.717, 1.165) is 24.1 Å². The van der Waals surface area contributed by atoms with Crippen molar-refractivity contribution in [2.24, 2.45) is 0 Å². The zero-order valence-electron chi connectivity index (χ0n) is 18.6. The predicted molar refractivity (Wildman–Crippen MR) is 121 cm³/mol. The van der Waals surface area contributed by atoms with Gasteiger partial charge in [-0.2, -0.15) is 0 Å². The van der Waals surface area contributed by atoms with Crippen molar-refractivity contribution in [3.8, 4) is 0 Å². The van der Waals surface area contributed by atoms with E-state index in [0.29, 0.717) is 13.0 Å². The second-order valence-corrected chi connectivity index (χ2v) is 8.64. The van der Waals surface area contributed by atoms with Crippen molar-refractivity contribution < 1.29 is 9.90 Å². The first-order chi connectivity index (χ1) is 14.4. The number of amides is 1. The Hall–Kier alpha value is -2.21. The number of aliphatic hydroxyl groups excluding tert-OH is 1. The number of benzene rings is 2. The van der Waals surface area contributed by atoms with Crippen LogP contribution < -0.4 is 5.32 Å². The number of β-amino-alcohol motifs (C(OH)–C–C–N with tert-alkyl or cyclic N) is 1. The van der Waals surface area contributed by atoms with Gasteiger partial charge in [0, 0.05) is 39.3 Å². The van der Waals surface area contributed by atoms with Crippen LogP contribution in [0.3, 0.4) is 0 Å². The molecule has 30 heavy (non-hydrogen) atoms. The SMILES string of the molecule is CN[C@H]1CCN(C(C)CC(C(=O)N(C)C)(c2ccccc2)c2ccccc2)C[C@@H]1O. The lowest BCUT2D eigenvalue weighted by atomic mass is 9.69. The van der Waals surface area contributed by atoms with Crippen LogP contribution >= 0.6 is 0 Å². The van der Waals surface area contributed by atoms with Crippen LogP contribution in [0.4, 0.5) is 0 Å². The molecule has 1 saturated heterocycles. The van der Waals surface area contributed by atoms with Crippen molar-refractivity contribution in [2.45, 2.75) is 43.4 Å². The Labute approximate surface area is 180 Å². The lowest BCUT2D eigenvalue weighted by molar-refractivity contribution is -0.134. The maximum atomic E-state index is 13.8. The molecule has 1 fully saturated rings. The summed E-state index contributed by atoms with van der Waals surface area (Å²) in [6.07, 6.45) is 1.14. The Bertz CT molecular complexity index is 770. The lowest BCUT2D eigenvalue weighted by Gasteiger charge is -2.43. The fourth-order valence-corrected chi connectivity index (χ4v) is 4.83. The zero-order chi connectivity index (χ0) is 21.7. The van der Waals surface area contributed by atoms with Gasteiger partial charge in [-0.15, -0.1) is 0 Å². The van der Waals surface area contributed by atoms with Crippen molar-refractivity contribution in [1.82, 2.24) is 15.1 Å². The number of nitrogens with one attached hydrogen (secondary N) is 1. The van der Waals surface area contributed by atoms with Gasteiger partial charge in [0.2, 0.25) is 5.91 Å². The van der Waals surface area contributed by atoms with Crippen molar-refractivity contribution in [1.29, 1.82) is 0 Å². The number of carbonyl (C=O) groups excluding carboxylic acids is 1. The van der Waals surface area contributed by atoms with Gasteiger partial charge in [-0.1, -0.05) is 60.7 Å². The van der Waals surface area contributed by atoms with Crippen molar-refractivity contribution in [3.05, 3.63) is 71.8 Å². The lowest BCUT2D eigenvalue weighted by Crippen LogP contribution is -2.56. The number of likely N-dealkylation sites (tertiary alicyclic amines) is 1. The summed E-state index contributed by atoms with van der Waals surface area (Å²) in [5.41, 5.74) is 1.23. The highest BCUT2D eigenvalue weighted by atomic mass is 16.3. The molecule has 0 bridgehead atoms. The first-order valence-corrected chi connectivity index (χ1v) is 10.8. The molecule has 1 amide bonds. The molecule has 3 rings (SSSR count). The maximum Gasteiger partial charge on any atom is 0.237 e. The predicted octanol–water partition coefficient (Wildman–Crippen LogP) is 2.49. The van der Waals surface area contributed by atoms with Gasteiger partial charge in [-0.25, -0.2) is 0 Å². The van der Waals surface area contributed by atoms with E-state index in [1.807, 2.05) is 57.5 Å². The number of carbonyl (C=O) groups is 1. The molecule has 5 nitrogen and oxygen atoms in total. The van der Waals surface area contributed by atoms with Gasteiger partial charge in [-0.3, -0.25) is 9.69 Å². The van der Waals surface area contributed by atoms with Crippen LogP contribution in [-0.4, -0.2) is 73.2 Å². The van der Waals surface area contributed by atoms with Crippen LogP contribution in [0.1, 0.15) is 30.9 Å². The number of aliphatic hydroxyl groups is 1. The summed E-state index contributed by atoms with van der Waals surface area (Å²) in [6, 6.07) is 20.5. The molecule has 0 saturated carbocycles. The van der Waals surface area contributed by atoms with Gasteiger partial charge in [0.05, 0.1) is 6.10 Å². The molecule has 2 aromatic carbocycles. The number of likely N-dealkylation sites (N-methyl/N-ethyl adjacent to an activating group) is 2. The molecular weight excluding hydrogens is 374 g/mol. The molecule has 1 aliphatic rings. The molecule has 1 heterocycles. The first kappa shape index (κ1) is 22.5. The molecule has 2 aromatic rings. The Kier molecular flexibility index (Phi) is 7.29. The number of hydrogen-bond donors (Lipinski definition) is 2. The smallest absolute Gasteiger partial charge is 0.237 e. The van der Waals surface area contributed by atoms with Crippen LogP contribution in [0, 0.1) is 0 Å². The second-order valence-electron chi connectivity index (χ2n) is 8.64. The standard InChI is InChI=1S/C25H35N3O2/c1-19(28-16-15-22(26-2)23(29)18-28)17-25(24(30)27(3)4,20-11-7-5-8-12-20)21-13-9-6-10-14-21/h5-14,19,22-23,26,29H,15-18H2,1-4H3/t19?,22-,23-/m0/s1. The normalized spacial score (nSPS) is 21.2. The summed E-state index contributed by atoms with van der Waals surface area (Å²) in [5.74, 6) is 0.0809. The van der Waals surface area contributed by atoms with E-state index in [-0.39, 0.29) is 18.0 Å². The molecule has 0 aromatic heterocycles. The van der Waals surface area contributed by atoms with Crippen LogP contribution in [0.25, 0.3) is 0 Å². The van der Waals surface area contributed by atoms with Gasteiger partial charge in [-0.05, 0) is 37.9 Å². The van der Waals surface area contributed by atoms with Crippen LogP contribution in [0.2, 0.25) is 0 Å². The molecule has 3 atom stereocenters. The molecule has 1 aliphatic heterocycles. The molecule has 2 N–H and O–H groups in total. The van der Waals surface area contributed by atoms with Crippen LogP contribution in [-0.2, 0) is 10.2 Å². The Balaban J connectivity index is 2.02. The topological polar surface area (TPSA) is 55.8 Å². The third-order valence-electron chi connectivity index (χ3n) is 6.51. The van der Waals surface area contributed by atoms with E-state index in [1.165, 1.54) is 0 Å². The van der Waals surface area contributed by atoms with Crippen molar-refractivity contribution in [2.75, 3.05) is 34.2 Å². The third kappa shape index (κ3) is 4.43. The minimum absolute atomic E-state index is 0.0809. The van der Waals surface area contributed by atoms with Gasteiger partial charge in [0.25, 0.3) is 0 Å². The van der Waals surface area contributed by atoms with Crippen LogP contribution in [0.5, 0.6) is 0 Å². The summed E-state index contributed by atoms with van der Waals surface area (Å²) in [7, 11) is 5.56. The van der Waals surface area contributed by atoms with Crippen molar-refractivity contribution in [3.63, 3.8) is 0 Å². The average molecular weight is 410 g/mol. The highest BCUT2D eigenvalue weighted by molar-refractivity contribution is 5.92. The number of nitrogens with zero attached hydrogens (tertiary/aromatic N) is 2. The van der Waals surface area contributed by atoms with Gasteiger partial charge < -0.3 is 15.3 Å². The molecule has 0 spiro atoms. The average Bonchev–Trinajstić information content (AvgIpc) is 2.78. The summed E-state index contributed by atoms with van der Waals surface area (Å²) in [6.45, 7) is 3.69. The molecule has 5 heteroatoms. The molecule has 0 radical (unpaired) electrons. The molecule has 0 aliphatic carbocycles. The summed E-state index contributed by atoms with van der Waals surface area (Å²) in [5, 5.41) is 13.7. The zero-order valence-corrected chi connectivity index (χ0v) is 18.6. The highest BCUT2D eigenvalue weighted by Gasteiger charge is 2.45. The van der Waals surface area contributed by atoms with E-state index in [1.54, 1.807) is 4.90 Å². The first-order valence-electron chi connectivity index (χ1n) is 10.8. The third-order valence-corrected chi connectivity index (χ3v) is 6.51. The second kappa shape index (κ2) is 9.73. The maximum absolute atomic E-state index is 13.8. The summed E-state index contributed by atoms with van der Waals surface area (Å²) < 4.78 is 0. The van der Waals surface area contributed by atoms with Crippen molar-refractivity contribution >= 4 is 5.91 Å². The Morgan fingerprint density at radius 3 is 2.10 bits per heavy atom. The van der Waals surface area contributed by atoms with E-state index in [2.05, 4.69) is 41.4 Å². The fraction of sp³-hybridized carbons (Fsp3) is 0.480. The van der Waals surface area contributed by atoms with E-state index >= 15 is 0 Å². The summed E-state index contributed by atoms with van der Waals surface area (Å²) in [4.78, 5) is 17.8. The summed E-state index contributed by atoms with van der Waals surface area (Å²) >= 11 is 0. The van der Waals surface area contributed by atoms with E-state index in [9.17, 15) is 9.90 Å². The number of piperidine rings is 1. The number of hydrogen-bond acceptors (Lipinski definition) is 4. The Morgan fingerprint density at radius 2 is 1.67 bits per heavy atom. The minimum atomic E-state index is -0.782. The quantitative estimate of drug-likeness (QED) is 0.738. The largest absolute Gasteiger partial charge is 0.390 e. The van der Waals surface area contributed by atoms with E-state index in [4.69, 9.17) is 0 Å².